The van der Waals surface area contributed by atoms with Gasteiger partial charge < -0.3 is 10.4 Å². The van der Waals surface area contributed by atoms with Gasteiger partial charge in [0.2, 0.25) is 5.91 Å². The first-order chi connectivity index (χ1) is 15.5. The summed E-state index contributed by atoms with van der Waals surface area (Å²) in [5.74, 6) is 2.30. The Morgan fingerprint density at radius 3 is 2.81 bits per heavy atom. The zero-order valence-corrected chi connectivity index (χ0v) is 18.7. The molecule has 1 heterocycles. The second-order valence-corrected chi connectivity index (χ2v) is 9.87. The summed E-state index contributed by atoms with van der Waals surface area (Å²) in [5.41, 5.74) is 4.62. The average Bonchev–Trinajstić information content (AvgIpc) is 3.13. The molecule has 0 spiro atoms. The molecule has 32 heavy (non-hydrogen) atoms. The molecular weight excluding hydrogens is 400 g/mol. The SMILES string of the molecule is CCc1cc2c(cc1O)CCC1C2CCC2C(=O)C(CNC(=O)Cc3cccnc3)CC21. The lowest BCUT2D eigenvalue weighted by Gasteiger charge is -2.43. The van der Waals surface area contributed by atoms with E-state index in [2.05, 4.69) is 23.3 Å². The van der Waals surface area contributed by atoms with Crippen LogP contribution in [0.2, 0.25) is 0 Å². The van der Waals surface area contributed by atoms with E-state index in [1.165, 1.54) is 11.1 Å². The molecule has 0 radical (unpaired) electrons. The predicted molar refractivity (Wildman–Crippen MR) is 122 cm³/mol. The van der Waals surface area contributed by atoms with Gasteiger partial charge in [0.1, 0.15) is 11.5 Å². The van der Waals surface area contributed by atoms with Gasteiger partial charge in [-0.05, 0) is 90.7 Å². The third-order valence-corrected chi connectivity index (χ3v) is 8.20. The van der Waals surface area contributed by atoms with Gasteiger partial charge in [-0.2, -0.15) is 0 Å². The van der Waals surface area contributed by atoms with Gasteiger partial charge in [-0.15, -0.1) is 0 Å². The molecule has 2 saturated carbocycles. The molecule has 5 unspecified atom stereocenters. The van der Waals surface area contributed by atoms with Crippen LogP contribution < -0.4 is 5.32 Å². The highest BCUT2D eigenvalue weighted by Crippen LogP contribution is 2.55. The number of nitrogens with zero attached hydrogens (tertiary/aromatic N) is 1. The fraction of sp³-hybridized carbons (Fsp3) is 0.519. The Kier molecular flexibility index (Phi) is 5.75. The number of aromatic hydroxyl groups is 1. The Bertz CT molecular complexity index is 1020. The third kappa shape index (κ3) is 3.82. The third-order valence-electron chi connectivity index (χ3n) is 8.20. The molecule has 0 bridgehead atoms. The Morgan fingerprint density at radius 1 is 1.19 bits per heavy atom. The molecular formula is C27H32N2O3. The van der Waals surface area contributed by atoms with Gasteiger partial charge in [0.15, 0.2) is 0 Å². The van der Waals surface area contributed by atoms with Crippen molar-refractivity contribution in [3.8, 4) is 5.75 Å². The number of fused-ring (bicyclic) bond motifs is 5. The van der Waals surface area contributed by atoms with Crippen LogP contribution in [0.3, 0.4) is 0 Å². The molecule has 1 aromatic heterocycles. The first-order valence-electron chi connectivity index (χ1n) is 12.1. The highest BCUT2D eigenvalue weighted by molar-refractivity contribution is 5.87. The van der Waals surface area contributed by atoms with Crippen LogP contribution in [-0.4, -0.2) is 28.3 Å². The van der Waals surface area contributed by atoms with Gasteiger partial charge in [0.25, 0.3) is 0 Å². The monoisotopic (exact) mass is 432 g/mol. The van der Waals surface area contributed by atoms with E-state index in [1.54, 1.807) is 12.4 Å². The van der Waals surface area contributed by atoms with Crippen molar-refractivity contribution in [2.75, 3.05) is 6.54 Å². The van der Waals surface area contributed by atoms with Crippen LogP contribution in [0.5, 0.6) is 5.75 Å². The number of phenols is 1. The lowest BCUT2D eigenvalue weighted by atomic mass is 9.60. The predicted octanol–water partition coefficient (Wildman–Crippen LogP) is 3.97. The zero-order chi connectivity index (χ0) is 22.2. The number of ketones is 1. The van der Waals surface area contributed by atoms with E-state index in [0.29, 0.717) is 42.3 Å². The van der Waals surface area contributed by atoms with Crippen LogP contribution in [0.4, 0.5) is 0 Å². The van der Waals surface area contributed by atoms with Crippen molar-refractivity contribution < 1.29 is 14.7 Å². The van der Waals surface area contributed by atoms with Gasteiger partial charge in [0, 0.05) is 30.8 Å². The molecule has 1 amide bonds. The highest BCUT2D eigenvalue weighted by atomic mass is 16.3. The van der Waals surface area contributed by atoms with E-state index in [1.807, 2.05) is 18.2 Å². The molecule has 5 heteroatoms. The molecule has 3 aliphatic carbocycles. The Morgan fingerprint density at radius 2 is 2.03 bits per heavy atom. The number of aryl methyl sites for hydroxylation is 2. The summed E-state index contributed by atoms with van der Waals surface area (Å²) in [6.45, 7) is 2.54. The number of benzene rings is 1. The topological polar surface area (TPSA) is 79.3 Å². The molecule has 5 atom stereocenters. The van der Waals surface area contributed by atoms with Crippen LogP contribution in [-0.2, 0) is 28.9 Å². The van der Waals surface area contributed by atoms with E-state index in [-0.39, 0.29) is 17.7 Å². The number of hydrogen-bond donors (Lipinski definition) is 2. The number of aromatic nitrogens is 1. The largest absolute Gasteiger partial charge is 0.508 e. The summed E-state index contributed by atoms with van der Waals surface area (Å²) >= 11 is 0. The number of phenolic OH excluding ortho intramolecular Hbond substituents is 1. The van der Waals surface area contributed by atoms with E-state index < -0.39 is 0 Å². The second kappa shape index (κ2) is 8.68. The molecule has 5 rings (SSSR count). The van der Waals surface area contributed by atoms with Crippen LogP contribution in [0.15, 0.2) is 36.7 Å². The molecule has 5 nitrogen and oxygen atoms in total. The molecule has 0 saturated heterocycles. The summed E-state index contributed by atoms with van der Waals surface area (Å²) in [7, 11) is 0. The number of amides is 1. The van der Waals surface area contributed by atoms with E-state index >= 15 is 0 Å². The number of carbonyl (C=O) groups excluding carboxylic acids is 2. The minimum Gasteiger partial charge on any atom is -0.508 e. The maximum Gasteiger partial charge on any atom is 0.224 e. The van der Waals surface area contributed by atoms with Crippen LogP contribution in [0, 0.1) is 23.7 Å². The van der Waals surface area contributed by atoms with Crippen molar-refractivity contribution in [1.29, 1.82) is 0 Å². The molecule has 2 fully saturated rings. The first kappa shape index (κ1) is 21.2. The Hall–Kier alpha value is -2.69. The fourth-order valence-corrected chi connectivity index (χ4v) is 6.66. The molecule has 0 aliphatic heterocycles. The van der Waals surface area contributed by atoms with Crippen molar-refractivity contribution in [3.63, 3.8) is 0 Å². The summed E-state index contributed by atoms with van der Waals surface area (Å²) in [4.78, 5) is 29.6. The van der Waals surface area contributed by atoms with Gasteiger partial charge in [-0.3, -0.25) is 14.6 Å². The highest BCUT2D eigenvalue weighted by Gasteiger charge is 2.51. The van der Waals surface area contributed by atoms with Crippen molar-refractivity contribution in [2.45, 2.75) is 57.8 Å². The summed E-state index contributed by atoms with van der Waals surface area (Å²) in [6, 6.07) is 7.94. The quantitative estimate of drug-likeness (QED) is 0.749. The maximum atomic E-state index is 13.2. The van der Waals surface area contributed by atoms with Gasteiger partial charge >= 0.3 is 0 Å². The van der Waals surface area contributed by atoms with E-state index in [4.69, 9.17) is 0 Å². The number of nitrogens with one attached hydrogen (secondary N) is 1. The van der Waals surface area contributed by atoms with Crippen LogP contribution >= 0.6 is 0 Å². The number of carbonyl (C=O) groups is 2. The second-order valence-electron chi connectivity index (χ2n) is 9.87. The van der Waals surface area contributed by atoms with Crippen molar-refractivity contribution in [2.24, 2.45) is 23.7 Å². The standard InChI is InChI=1S/C27H32N2O3/c1-2-17-11-23-18(13-25(17)30)5-6-21-20(23)7-8-22-24(21)12-19(27(22)32)15-29-26(31)10-16-4-3-9-28-14-16/h3-4,9,11,13-14,19-22,24,30H,2,5-8,10,12,15H2,1H3,(H,29,31). The molecule has 1 aromatic carbocycles. The van der Waals surface area contributed by atoms with Crippen molar-refractivity contribution in [1.82, 2.24) is 10.3 Å². The van der Waals surface area contributed by atoms with Crippen molar-refractivity contribution >= 4 is 11.7 Å². The minimum atomic E-state index is -0.0611. The average molecular weight is 433 g/mol. The number of rotatable bonds is 5. The molecule has 168 valence electrons. The Balaban J connectivity index is 1.26. The van der Waals surface area contributed by atoms with Gasteiger partial charge in [-0.25, -0.2) is 0 Å². The van der Waals surface area contributed by atoms with Gasteiger partial charge in [0.05, 0.1) is 6.42 Å². The maximum absolute atomic E-state index is 13.2. The number of hydrogen-bond acceptors (Lipinski definition) is 4. The molecule has 2 N–H and O–H groups in total. The fourth-order valence-electron chi connectivity index (χ4n) is 6.66. The van der Waals surface area contributed by atoms with Gasteiger partial charge in [-0.1, -0.05) is 19.1 Å². The molecule has 2 aromatic rings. The van der Waals surface area contributed by atoms with Crippen LogP contribution in [0.25, 0.3) is 0 Å². The summed E-state index contributed by atoms with van der Waals surface area (Å²) in [5, 5.41) is 13.3. The number of pyridine rings is 1. The zero-order valence-electron chi connectivity index (χ0n) is 18.7. The normalized spacial score (nSPS) is 28.5. The van der Waals surface area contributed by atoms with Crippen molar-refractivity contribution in [3.05, 3.63) is 58.9 Å². The number of Topliss-reactive ketones (excluding diaryl/α,β-unsaturated/α-hetero) is 1. The summed E-state index contributed by atoms with van der Waals surface area (Å²) < 4.78 is 0. The lowest BCUT2D eigenvalue weighted by molar-refractivity contribution is -0.125. The van der Waals surface area contributed by atoms with Crippen LogP contribution in [0.1, 0.15) is 60.8 Å². The van der Waals surface area contributed by atoms with E-state index in [9.17, 15) is 14.7 Å². The summed E-state index contributed by atoms with van der Waals surface area (Å²) in [6.07, 6.45) is 9.52. The Labute approximate surface area is 189 Å². The molecule has 3 aliphatic rings. The lowest BCUT2D eigenvalue weighted by Crippen LogP contribution is -2.36. The smallest absolute Gasteiger partial charge is 0.224 e. The first-order valence-corrected chi connectivity index (χ1v) is 12.1. The minimum absolute atomic E-state index is 0.0444. The van der Waals surface area contributed by atoms with E-state index in [0.717, 1.165) is 49.7 Å².